The molecule has 0 aromatic carbocycles. The maximum atomic E-state index is 11.3. The normalized spacial score (nSPS) is 33.1. The van der Waals surface area contributed by atoms with Crippen LogP contribution in [0.4, 0.5) is 0 Å². The van der Waals surface area contributed by atoms with Crippen LogP contribution in [-0.4, -0.2) is 35.1 Å². The van der Waals surface area contributed by atoms with Crippen LogP contribution in [0, 0.1) is 11.8 Å². The Kier molecular flexibility index (Phi) is 3.85. The van der Waals surface area contributed by atoms with Crippen molar-refractivity contribution in [2.24, 2.45) is 11.8 Å². The van der Waals surface area contributed by atoms with Crippen LogP contribution in [0.5, 0.6) is 0 Å². The summed E-state index contributed by atoms with van der Waals surface area (Å²) in [4.78, 5) is 13.5. The molecule has 2 atom stereocenters. The average molecular weight is 225 g/mol. The van der Waals surface area contributed by atoms with Crippen LogP contribution in [0.15, 0.2) is 0 Å². The van der Waals surface area contributed by atoms with Crippen molar-refractivity contribution in [3.63, 3.8) is 0 Å². The van der Waals surface area contributed by atoms with Gasteiger partial charge in [0.25, 0.3) is 0 Å². The number of carboxylic acids is 1. The zero-order valence-electron chi connectivity index (χ0n) is 10.2. The van der Waals surface area contributed by atoms with Gasteiger partial charge >= 0.3 is 5.97 Å². The fourth-order valence-electron chi connectivity index (χ4n) is 3.40. The number of hydrogen-bond acceptors (Lipinski definition) is 2. The second-order valence-corrected chi connectivity index (χ2v) is 5.55. The number of carbonyl (C=O) groups is 1. The van der Waals surface area contributed by atoms with Crippen molar-refractivity contribution < 1.29 is 9.90 Å². The van der Waals surface area contributed by atoms with Gasteiger partial charge in [0.1, 0.15) is 6.04 Å². The van der Waals surface area contributed by atoms with Crippen LogP contribution < -0.4 is 0 Å². The van der Waals surface area contributed by atoms with Gasteiger partial charge in [-0.15, -0.1) is 0 Å². The minimum absolute atomic E-state index is 0.227. The van der Waals surface area contributed by atoms with Gasteiger partial charge in [-0.1, -0.05) is 19.8 Å². The predicted molar refractivity (Wildman–Crippen MR) is 63.4 cm³/mol. The Balaban J connectivity index is 1.96. The van der Waals surface area contributed by atoms with E-state index in [0.29, 0.717) is 5.92 Å². The van der Waals surface area contributed by atoms with E-state index in [0.717, 1.165) is 31.8 Å². The molecule has 0 aromatic heterocycles. The van der Waals surface area contributed by atoms with E-state index >= 15 is 0 Å². The molecule has 1 aliphatic carbocycles. The van der Waals surface area contributed by atoms with Crippen molar-refractivity contribution in [1.29, 1.82) is 0 Å². The van der Waals surface area contributed by atoms with Crippen LogP contribution >= 0.6 is 0 Å². The summed E-state index contributed by atoms with van der Waals surface area (Å²) < 4.78 is 0. The average Bonchev–Trinajstić information content (AvgIpc) is 2.70. The Hall–Kier alpha value is -0.570. The summed E-state index contributed by atoms with van der Waals surface area (Å²) in [6, 6.07) is -0.227. The first kappa shape index (κ1) is 11.9. The number of nitrogens with zero attached hydrogens (tertiary/aromatic N) is 1. The van der Waals surface area contributed by atoms with Crippen molar-refractivity contribution >= 4 is 5.97 Å². The lowest BCUT2D eigenvalue weighted by molar-refractivity contribution is -0.147. The second kappa shape index (κ2) is 5.17. The fourth-order valence-corrected chi connectivity index (χ4v) is 3.40. The van der Waals surface area contributed by atoms with Crippen molar-refractivity contribution in [2.45, 2.75) is 51.5 Å². The molecular formula is C13H23NO2. The van der Waals surface area contributed by atoms with Gasteiger partial charge in [-0.25, -0.2) is 0 Å². The molecule has 2 fully saturated rings. The highest BCUT2D eigenvalue weighted by Gasteiger charge is 2.35. The van der Waals surface area contributed by atoms with Crippen LogP contribution in [-0.2, 0) is 4.79 Å². The first-order valence-electron chi connectivity index (χ1n) is 6.65. The molecule has 1 N–H and O–H groups in total. The molecule has 2 rings (SSSR count). The molecule has 16 heavy (non-hydrogen) atoms. The highest BCUT2D eigenvalue weighted by Crippen LogP contribution is 2.30. The summed E-state index contributed by atoms with van der Waals surface area (Å²) >= 11 is 0. The van der Waals surface area contributed by atoms with Gasteiger partial charge in [-0.3, -0.25) is 9.69 Å². The highest BCUT2D eigenvalue weighted by atomic mass is 16.4. The molecule has 0 radical (unpaired) electrons. The van der Waals surface area contributed by atoms with Gasteiger partial charge in [0, 0.05) is 6.54 Å². The maximum Gasteiger partial charge on any atom is 0.321 e. The molecule has 1 heterocycles. The lowest BCUT2D eigenvalue weighted by Crippen LogP contribution is -2.50. The summed E-state index contributed by atoms with van der Waals surface area (Å²) in [6.45, 7) is 4.08. The number of aliphatic carboxylic acids is 1. The summed E-state index contributed by atoms with van der Waals surface area (Å²) in [6.07, 6.45) is 7.52. The summed E-state index contributed by atoms with van der Waals surface area (Å²) in [5, 5.41) is 9.31. The van der Waals surface area contributed by atoms with Gasteiger partial charge in [0.2, 0.25) is 0 Å². The van der Waals surface area contributed by atoms with E-state index in [9.17, 15) is 9.90 Å². The monoisotopic (exact) mass is 225 g/mol. The number of carboxylic acid groups (broad SMARTS) is 1. The minimum Gasteiger partial charge on any atom is -0.480 e. The maximum absolute atomic E-state index is 11.3. The van der Waals surface area contributed by atoms with E-state index in [1.54, 1.807) is 0 Å². The molecule has 0 aromatic rings. The van der Waals surface area contributed by atoms with E-state index in [-0.39, 0.29) is 6.04 Å². The van der Waals surface area contributed by atoms with Crippen molar-refractivity contribution in [3.05, 3.63) is 0 Å². The zero-order chi connectivity index (χ0) is 11.5. The second-order valence-electron chi connectivity index (χ2n) is 5.55. The first-order chi connectivity index (χ1) is 7.68. The van der Waals surface area contributed by atoms with Gasteiger partial charge in [0.15, 0.2) is 0 Å². The van der Waals surface area contributed by atoms with E-state index in [1.807, 2.05) is 0 Å². The lowest BCUT2D eigenvalue weighted by Gasteiger charge is -2.38. The van der Waals surface area contributed by atoms with Crippen molar-refractivity contribution in [2.75, 3.05) is 13.1 Å². The Morgan fingerprint density at radius 2 is 1.94 bits per heavy atom. The molecule has 1 saturated carbocycles. The van der Waals surface area contributed by atoms with E-state index in [2.05, 4.69) is 11.8 Å². The molecule has 2 unspecified atom stereocenters. The molecule has 0 amide bonds. The molecule has 1 aliphatic heterocycles. The lowest BCUT2D eigenvalue weighted by atomic mass is 9.90. The van der Waals surface area contributed by atoms with E-state index < -0.39 is 5.97 Å². The molecule has 2 aliphatic rings. The summed E-state index contributed by atoms with van der Waals surface area (Å²) in [5.41, 5.74) is 0. The number of likely N-dealkylation sites (tertiary alicyclic amines) is 1. The van der Waals surface area contributed by atoms with Gasteiger partial charge in [0.05, 0.1) is 0 Å². The molecule has 3 heteroatoms. The van der Waals surface area contributed by atoms with Gasteiger partial charge < -0.3 is 5.11 Å². The molecule has 92 valence electrons. The largest absolute Gasteiger partial charge is 0.480 e. The van der Waals surface area contributed by atoms with Crippen LogP contribution in [0.3, 0.4) is 0 Å². The highest BCUT2D eigenvalue weighted by molar-refractivity contribution is 5.74. The summed E-state index contributed by atoms with van der Waals surface area (Å²) in [5.74, 6) is 0.449. The van der Waals surface area contributed by atoms with Crippen molar-refractivity contribution in [3.8, 4) is 0 Å². The summed E-state index contributed by atoms with van der Waals surface area (Å²) in [7, 11) is 0. The van der Waals surface area contributed by atoms with Crippen LogP contribution in [0.1, 0.15) is 45.4 Å². The third kappa shape index (κ3) is 2.57. The molecule has 3 nitrogen and oxygen atoms in total. The Bertz CT molecular complexity index is 248. The van der Waals surface area contributed by atoms with Crippen molar-refractivity contribution in [1.82, 2.24) is 4.90 Å². The number of piperidine rings is 1. The molecule has 1 saturated heterocycles. The van der Waals surface area contributed by atoms with Crippen LogP contribution in [0.2, 0.25) is 0 Å². The van der Waals surface area contributed by atoms with Gasteiger partial charge in [-0.2, -0.15) is 0 Å². The first-order valence-corrected chi connectivity index (χ1v) is 6.65. The number of hydrogen-bond donors (Lipinski definition) is 1. The van der Waals surface area contributed by atoms with Crippen LogP contribution in [0.25, 0.3) is 0 Å². The molecule has 0 spiro atoms. The standard InChI is InChI=1S/C13H23NO2/c1-10-5-4-8-14(12(10)13(15)16)9-11-6-2-3-7-11/h10-12H,2-9H2,1H3,(H,15,16). The van der Waals surface area contributed by atoms with E-state index in [1.165, 1.54) is 25.7 Å². The predicted octanol–water partition coefficient (Wildman–Crippen LogP) is 2.36. The third-order valence-electron chi connectivity index (χ3n) is 4.26. The third-order valence-corrected chi connectivity index (χ3v) is 4.26. The number of rotatable bonds is 3. The zero-order valence-corrected chi connectivity index (χ0v) is 10.2. The smallest absolute Gasteiger partial charge is 0.321 e. The Morgan fingerprint density at radius 1 is 1.25 bits per heavy atom. The molecular weight excluding hydrogens is 202 g/mol. The molecule has 0 bridgehead atoms. The Labute approximate surface area is 97.8 Å². The SMILES string of the molecule is CC1CCCN(CC2CCCC2)C1C(=O)O. The fraction of sp³-hybridized carbons (Fsp3) is 0.923. The van der Waals surface area contributed by atoms with E-state index in [4.69, 9.17) is 0 Å². The van der Waals surface area contributed by atoms with Gasteiger partial charge in [-0.05, 0) is 44.1 Å². The topological polar surface area (TPSA) is 40.5 Å². The Morgan fingerprint density at radius 3 is 2.56 bits per heavy atom. The quantitative estimate of drug-likeness (QED) is 0.801. The minimum atomic E-state index is -0.620.